The zero-order chi connectivity index (χ0) is 10.8. The molecule has 15 heavy (non-hydrogen) atoms. The molecule has 0 unspecified atom stereocenters. The smallest absolute Gasteiger partial charge is 0.107 e. The van der Waals surface area contributed by atoms with Gasteiger partial charge in [-0.2, -0.15) is 0 Å². The molecule has 1 fully saturated rings. The van der Waals surface area contributed by atoms with Crippen molar-refractivity contribution in [2.75, 3.05) is 7.05 Å². The van der Waals surface area contributed by atoms with Crippen LogP contribution >= 0.6 is 0 Å². The maximum Gasteiger partial charge on any atom is 0.107 e. The van der Waals surface area contributed by atoms with Crippen LogP contribution < -0.4 is 0 Å². The van der Waals surface area contributed by atoms with E-state index in [0.717, 1.165) is 12.8 Å². The molecule has 0 radical (unpaired) electrons. The highest BCUT2D eigenvalue weighted by atomic mass is 16.3. The molecule has 1 aliphatic heterocycles. The molecule has 0 amide bonds. The molecule has 0 aromatic carbocycles. The summed E-state index contributed by atoms with van der Waals surface area (Å²) in [5.41, 5.74) is 1.25. The van der Waals surface area contributed by atoms with E-state index in [-0.39, 0.29) is 6.23 Å². The molecule has 82 valence electrons. The molecule has 2 rings (SSSR count). The standard InChI is InChI=1S/C12H18N2O/c1-9-6-11(7-12(15)14(9)2)10-4-3-5-13-8-10/h3-5,8-9,11-12,15H,6-7H2,1-2H3/t9-,11-,12-/m1/s1. The molecule has 3 heteroatoms. The third-order valence-electron chi connectivity index (χ3n) is 3.44. The molecule has 1 aromatic rings. The third-order valence-corrected chi connectivity index (χ3v) is 3.44. The van der Waals surface area contributed by atoms with Crippen LogP contribution in [-0.2, 0) is 0 Å². The van der Waals surface area contributed by atoms with Gasteiger partial charge in [-0.1, -0.05) is 6.07 Å². The van der Waals surface area contributed by atoms with Crippen molar-refractivity contribution < 1.29 is 5.11 Å². The molecular weight excluding hydrogens is 188 g/mol. The first-order valence-electron chi connectivity index (χ1n) is 5.48. The number of piperidine rings is 1. The summed E-state index contributed by atoms with van der Waals surface area (Å²) in [4.78, 5) is 6.17. The van der Waals surface area contributed by atoms with Gasteiger partial charge in [-0.05, 0) is 44.4 Å². The van der Waals surface area contributed by atoms with Gasteiger partial charge in [-0.3, -0.25) is 9.88 Å². The van der Waals surface area contributed by atoms with Crippen molar-refractivity contribution in [1.29, 1.82) is 0 Å². The maximum absolute atomic E-state index is 9.89. The Hall–Kier alpha value is -0.930. The Morgan fingerprint density at radius 1 is 1.47 bits per heavy atom. The highest BCUT2D eigenvalue weighted by Gasteiger charge is 2.30. The SMILES string of the molecule is C[C@@H]1C[C@@H](c2cccnc2)C[C@@H](O)N1C. The van der Waals surface area contributed by atoms with Crippen LogP contribution in [0.2, 0.25) is 0 Å². The van der Waals surface area contributed by atoms with E-state index in [4.69, 9.17) is 0 Å². The Morgan fingerprint density at radius 3 is 2.87 bits per heavy atom. The normalized spacial score (nSPS) is 32.9. The Kier molecular flexibility index (Phi) is 3.03. The van der Waals surface area contributed by atoms with Gasteiger partial charge in [0.1, 0.15) is 6.23 Å². The topological polar surface area (TPSA) is 36.4 Å². The molecular formula is C12H18N2O. The number of pyridine rings is 1. The van der Waals surface area contributed by atoms with Crippen molar-refractivity contribution >= 4 is 0 Å². The quantitative estimate of drug-likeness (QED) is 0.758. The summed E-state index contributed by atoms with van der Waals surface area (Å²) in [6, 6.07) is 4.49. The summed E-state index contributed by atoms with van der Waals surface area (Å²) in [5.74, 6) is 0.444. The lowest BCUT2D eigenvalue weighted by Gasteiger charge is -2.39. The van der Waals surface area contributed by atoms with E-state index in [9.17, 15) is 5.11 Å². The Bertz CT molecular complexity index is 303. The largest absolute Gasteiger partial charge is 0.378 e. The highest BCUT2D eigenvalue weighted by Crippen LogP contribution is 2.32. The van der Waals surface area contributed by atoms with E-state index >= 15 is 0 Å². The molecule has 0 bridgehead atoms. The van der Waals surface area contributed by atoms with Gasteiger partial charge in [0.25, 0.3) is 0 Å². The van der Waals surface area contributed by atoms with E-state index < -0.39 is 0 Å². The fraction of sp³-hybridized carbons (Fsp3) is 0.583. The first-order chi connectivity index (χ1) is 7.18. The second-order valence-electron chi connectivity index (χ2n) is 4.45. The van der Waals surface area contributed by atoms with Crippen molar-refractivity contribution in [2.45, 2.75) is 38.0 Å². The minimum absolute atomic E-state index is 0.320. The van der Waals surface area contributed by atoms with Crippen LogP contribution in [0.3, 0.4) is 0 Å². The minimum Gasteiger partial charge on any atom is -0.378 e. The molecule has 3 atom stereocenters. The number of rotatable bonds is 1. The van der Waals surface area contributed by atoms with Crippen molar-refractivity contribution in [2.24, 2.45) is 0 Å². The molecule has 1 saturated heterocycles. The summed E-state index contributed by atoms with van der Waals surface area (Å²) >= 11 is 0. The minimum atomic E-state index is -0.320. The van der Waals surface area contributed by atoms with E-state index in [0.29, 0.717) is 12.0 Å². The van der Waals surface area contributed by atoms with E-state index in [1.807, 2.05) is 24.2 Å². The summed E-state index contributed by atoms with van der Waals surface area (Å²) < 4.78 is 0. The van der Waals surface area contributed by atoms with Crippen LogP contribution in [-0.4, -0.2) is 34.3 Å². The van der Waals surface area contributed by atoms with Crippen LogP contribution in [0.1, 0.15) is 31.2 Å². The van der Waals surface area contributed by atoms with Crippen LogP contribution in [0, 0.1) is 0 Å². The predicted molar refractivity (Wildman–Crippen MR) is 59.4 cm³/mol. The average molecular weight is 206 g/mol. The number of likely N-dealkylation sites (tertiary alicyclic amines) is 1. The molecule has 0 aliphatic carbocycles. The third kappa shape index (κ3) is 2.19. The number of nitrogens with zero attached hydrogens (tertiary/aromatic N) is 2. The number of aliphatic hydroxyl groups excluding tert-OH is 1. The average Bonchev–Trinajstić information content (AvgIpc) is 2.26. The lowest BCUT2D eigenvalue weighted by molar-refractivity contribution is -0.0410. The molecule has 3 nitrogen and oxygen atoms in total. The Morgan fingerprint density at radius 2 is 2.27 bits per heavy atom. The molecule has 1 N–H and O–H groups in total. The van der Waals surface area contributed by atoms with E-state index in [2.05, 4.69) is 18.0 Å². The number of hydrogen-bond acceptors (Lipinski definition) is 3. The summed E-state index contributed by atoms with van der Waals surface area (Å²) in [6.07, 6.45) is 5.29. The zero-order valence-corrected chi connectivity index (χ0v) is 9.30. The maximum atomic E-state index is 9.89. The summed E-state index contributed by atoms with van der Waals surface area (Å²) in [7, 11) is 1.98. The number of aromatic nitrogens is 1. The van der Waals surface area contributed by atoms with Crippen LogP contribution in [0.4, 0.5) is 0 Å². The number of aliphatic hydroxyl groups is 1. The fourth-order valence-corrected chi connectivity index (χ4v) is 2.28. The van der Waals surface area contributed by atoms with E-state index in [1.54, 1.807) is 6.20 Å². The molecule has 2 heterocycles. The van der Waals surface area contributed by atoms with Crippen LogP contribution in [0.5, 0.6) is 0 Å². The van der Waals surface area contributed by atoms with E-state index in [1.165, 1.54) is 5.56 Å². The van der Waals surface area contributed by atoms with Gasteiger partial charge in [-0.15, -0.1) is 0 Å². The molecule has 0 saturated carbocycles. The Labute approximate surface area is 90.8 Å². The van der Waals surface area contributed by atoms with Crippen LogP contribution in [0.15, 0.2) is 24.5 Å². The van der Waals surface area contributed by atoms with Gasteiger partial charge >= 0.3 is 0 Å². The number of hydrogen-bond donors (Lipinski definition) is 1. The Balaban J connectivity index is 2.13. The zero-order valence-electron chi connectivity index (χ0n) is 9.30. The van der Waals surface area contributed by atoms with Gasteiger partial charge in [0.15, 0.2) is 0 Å². The van der Waals surface area contributed by atoms with Crippen LogP contribution in [0.25, 0.3) is 0 Å². The molecule has 1 aromatic heterocycles. The highest BCUT2D eigenvalue weighted by molar-refractivity contribution is 5.16. The second-order valence-corrected chi connectivity index (χ2v) is 4.45. The monoisotopic (exact) mass is 206 g/mol. The lowest BCUT2D eigenvalue weighted by atomic mass is 9.86. The summed E-state index contributed by atoms with van der Waals surface area (Å²) in [5, 5.41) is 9.89. The van der Waals surface area contributed by atoms with Crippen molar-refractivity contribution in [3.63, 3.8) is 0 Å². The van der Waals surface area contributed by atoms with Crippen molar-refractivity contribution in [1.82, 2.24) is 9.88 Å². The van der Waals surface area contributed by atoms with Gasteiger partial charge in [0.05, 0.1) is 0 Å². The first-order valence-corrected chi connectivity index (χ1v) is 5.48. The van der Waals surface area contributed by atoms with Gasteiger partial charge in [0, 0.05) is 18.4 Å². The van der Waals surface area contributed by atoms with Gasteiger partial charge in [0.2, 0.25) is 0 Å². The summed E-state index contributed by atoms with van der Waals surface area (Å²) in [6.45, 7) is 2.16. The fourth-order valence-electron chi connectivity index (χ4n) is 2.28. The molecule has 0 spiro atoms. The van der Waals surface area contributed by atoms with Crippen molar-refractivity contribution in [3.8, 4) is 0 Å². The first kappa shape index (κ1) is 10.6. The van der Waals surface area contributed by atoms with Gasteiger partial charge < -0.3 is 5.11 Å². The second kappa shape index (κ2) is 4.29. The van der Waals surface area contributed by atoms with Crippen molar-refractivity contribution in [3.05, 3.63) is 30.1 Å². The lowest BCUT2D eigenvalue weighted by Crippen LogP contribution is -2.44. The van der Waals surface area contributed by atoms with Gasteiger partial charge in [-0.25, -0.2) is 0 Å². The molecule has 1 aliphatic rings. The predicted octanol–water partition coefficient (Wildman–Crippen LogP) is 1.60.